The largest absolute Gasteiger partial charge is 0.341 e. The van der Waals surface area contributed by atoms with Crippen molar-refractivity contribution in [2.24, 2.45) is 5.92 Å². The topological polar surface area (TPSA) is 29.0 Å². The van der Waals surface area contributed by atoms with Gasteiger partial charge in [-0.3, -0.25) is 4.98 Å². The van der Waals surface area contributed by atoms with Crippen LogP contribution in [0.5, 0.6) is 0 Å². The van der Waals surface area contributed by atoms with E-state index >= 15 is 0 Å². The minimum Gasteiger partial charge on any atom is -0.341 e. The van der Waals surface area contributed by atoms with Gasteiger partial charge in [0.15, 0.2) is 5.13 Å². The quantitative estimate of drug-likeness (QED) is 0.396. The van der Waals surface area contributed by atoms with E-state index in [1.54, 1.807) is 17.4 Å². The Bertz CT molecular complexity index is 954. The molecule has 0 radical (unpaired) electrons. The molecule has 3 nitrogen and oxygen atoms in total. The average Bonchev–Trinajstić information content (AvgIpc) is 3.44. The Balaban J connectivity index is 1.74. The minimum absolute atomic E-state index is 0.327. The minimum atomic E-state index is 0.327. The Kier molecular flexibility index (Phi) is 5.91. The number of nitrogens with zero attached hydrogens (tertiary/aromatic N) is 3. The first-order valence-corrected chi connectivity index (χ1v) is 11.2. The number of anilines is 1. The summed E-state index contributed by atoms with van der Waals surface area (Å²) >= 11 is 14.3. The van der Waals surface area contributed by atoms with Crippen LogP contribution < -0.4 is 4.90 Å². The lowest BCUT2D eigenvalue weighted by molar-refractivity contribution is 0.550. The van der Waals surface area contributed by atoms with E-state index in [2.05, 4.69) is 29.8 Å². The molecule has 2 aromatic heterocycles. The monoisotopic (exact) mass is 431 g/mol. The fourth-order valence-corrected chi connectivity index (χ4v) is 5.18. The van der Waals surface area contributed by atoms with Crippen molar-refractivity contribution in [1.29, 1.82) is 0 Å². The fourth-order valence-electron chi connectivity index (χ4n) is 3.70. The van der Waals surface area contributed by atoms with E-state index in [0.717, 1.165) is 29.4 Å². The summed E-state index contributed by atoms with van der Waals surface area (Å²) in [6, 6.07) is 10.2. The van der Waals surface area contributed by atoms with Crippen LogP contribution >= 0.6 is 34.5 Å². The van der Waals surface area contributed by atoms with Crippen LogP contribution in [-0.4, -0.2) is 16.5 Å². The number of aromatic nitrogens is 2. The van der Waals surface area contributed by atoms with E-state index < -0.39 is 0 Å². The first-order valence-electron chi connectivity index (χ1n) is 9.68. The summed E-state index contributed by atoms with van der Waals surface area (Å²) in [6.45, 7) is 5.30. The number of pyridine rings is 1. The second-order valence-electron chi connectivity index (χ2n) is 7.29. The smallest absolute Gasteiger partial charge is 0.186 e. The standard InChI is InChI=1S/C22H23Cl2N3S/c1-3-11-27(21(15-6-7-15)16-5-4-10-25-13-16)22-26-20(14(2)28-22)18-9-8-17(23)12-19(18)24/h4-5,8-10,12-13,15,21H,3,6-7,11H2,1-2H3. The molecule has 3 aromatic rings. The number of rotatable bonds is 7. The predicted molar refractivity (Wildman–Crippen MR) is 120 cm³/mol. The second kappa shape index (κ2) is 8.40. The SMILES string of the molecule is CCCN(c1nc(-c2ccc(Cl)cc2Cl)c(C)s1)C(c1cccnc1)C1CC1. The maximum Gasteiger partial charge on any atom is 0.186 e. The van der Waals surface area contributed by atoms with E-state index in [9.17, 15) is 0 Å². The zero-order chi connectivity index (χ0) is 19.7. The van der Waals surface area contributed by atoms with Gasteiger partial charge >= 0.3 is 0 Å². The van der Waals surface area contributed by atoms with E-state index in [1.807, 2.05) is 30.6 Å². The van der Waals surface area contributed by atoms with Gasteiger partial charge in [-0.2, -0.15) is 0 Å². The van der Waals surface area contributed by atoms with Crippen LogP contribution in [0.3, 0.4) is 0 Å². The molecule has 1 aromatic carbocycles. The Morgan fingerprint density at radius 3 is 2.71 bits per heavy atom. The molecule has 2 heterocycles. The summed E-state index contributed by atoms with van der Waals surface area (Å²) in [5, 5.41) is 2.33. The van der Waals surface area contributed by atoms with Crippen molar-refractivity contribution in [3.63, 3.8) is 0 Å². The summed E-state index contributed by atoms with van der Waals surface area (Å²) in [6.07, 6.45) is 7.44. The fraction of sp³-hybridized carbons (Fsp3) is 0.364. The number of aryl methyl sites for hydroxylation is 1. The first kappa shape index (κ1) is 19.7. The van der Waals surface area contributed by atoms with Crippen LogP contribution in [0.4, 0.5) is 5.13 Å². The lowest BCUT2D eigenvalue weighted by Crippen LogP contribution is -2.31. The van der Waals surface area contributed by atoms with Gasteiger partial charge in [-0.1, -0.05) is 36.2 Å². The number of halogens is 2. The van der Waals surface area contributed by atoms with Crippen molar-refractivity contribution in [3.05, 3.63) is 63.2 Å². The summed E-state index contributed by atoms with van der Waals surface area (Å²) < 4.78 is 0. The van der Waals surface area contributed by atoms with Crippen molar-refractivity contribution in [3.8, 4) is 11.3 Å². The zero-order valence-corrected chi connectivity index (χ0v) is 18.4. The van der Waals surface area contributed by atoms with Gasteiger partial charge in [-0.05, 0) is 61.9 Å². The number of benzene rings is 1. The highest BCUT2D eigenvalue weighted by Crippen LogP contribution is 2.47. The second-order valence-corrected chi connectivity index (χ2v) is 9.31. The molecule has 6 heteroatoms. The Morgan fingerprint density at radius 1 is 1.25 bits per heavy atom. The van der Waals surface area contributed by atoms with E-state index in [0.29, 0.717) is 22.0 Å². The molecule has 1 saturated carbocycles. The Hall–Kier alpha value is -1.62. The number of hydrogen-bond acceptors (Lipinski definition) is 4. The molecule has 0 saturated heterocycles. The molecule has 28 heavy (non-hydrogen) atoms. The van der Waals surface area contributed by atoms with E-state index in [4.69, 9.17) is 28.2 Å². The van der Waals surface area contributed by atoms with Gasteiger partial charge in [0.2, 0.25) is 0 Å². The molecule has 1 unspecified atom stereocenters. The maximum atomic E-state index is 6.46. The average molecular weight is 432 g/mol. The number of hydrogen-bond donors (Lipinski definition) is 0. The number of thiazole rings is 1. The van der Waals surface area contributed by atoms with Crippen molar-refractivity contribution < 1.29 is 0 Å². The highest BCUT2D eigenvalue weighted by Gasteiger charge is 2.37. The highest BCUT2D eigenvalue weighted by molar-refractivity contribution is 7.16. The Morgan fingerprint density at radius 2 is 2.07 bits per heavy atom. The summed E-state index contributed by atoms with van der Waals surface area (Å²) in [5.74, 6) is 0.669. The van der Waals surface area contributed by atoms with Gasteiger partial charge in [0, 0.05) is 34.4 Å². The van der Waals surface area contributed by atoms with Crippen LogP contribution in [-0.2, 0) is 0 Å². The third kappa shape index (κ3) is 4.05. The normalized spacial score (nSPS) is 14.9. The third-order valence-electron chi connectivity index (χ3n) is 5.11. The summed E-state index contributed by atoms with van der Waals surface area (Å²) in [4.78, 5) is 13.1. The molecular weight excluding hydrogens is 409 g/mol. The van der Waals surface area contributed by atoms with Crippen LogP contribution in [0.1, 0.15) is 42.7 Å². The summed E-state index contributed by atoms with van der Waals surface area (Å²) in [5.41, 5.74) is 3.16. The van der Waals surface area contributed by atoms with Gasteiger partial charge in [-0.25, -0.2) is 4.98 Å². The molecule has 1 fully saturated rings. The van der Waals surface area contributed by atoms with Gasteiger partial charge in [-0.15, -0.1) is 11.3 Å². The molecule has 146 valence electrons. The van der Waals surface area contributed by atoms with E-state index in [1.165, 1.54) is 23.3 Å². The van der Waals surface area contributed by atoms with Gasteiger partial charge in [0.1, 0.15) is 0 Å². The van der Waals surface area contributed by atoms with E-state index in [-0.39, 0.29) is 0 Å². The molecule has 4 rings (SSSR count). The van der Waals surface area contributed by atoms with Crippen molar-refractivity contribution in [2.45, 2.75) is 39.2 Å². The van der Waals surface area contributed by atoms with Crippen LogP contribution in [0.25, 0.3) is 11.3 Å². The molecule has 1 atom stereocenters. The van der Waals surface area contributed by atoms with Gasteiger partial charge in [0.25, 0.3) is 0 Å². The Labute approximate surface area is 180 Å². The van der Waals surface area contributed by atoms with Crippen LogP contribution in [0, 0.1) is 12.8 Å². The molecular formula is C22H23Cl2N3S. The third-order valence-corrected chi connectivity index (χ3v) is 6.67. The first-order chi connectivity index (χ1) is 13.6. The zero-order valence-electron chi connectivity index (χ0n) is 16.0. The van der Waals surface area contributed by atoms with Crippen LogP contribution in [0.2, 0.25) is 10.0 Å². The van der Waals surface area contributed by atoms with Crippen molar-refractivity contribution >= 4 is 39.7 Å². The lowest BCUT2D eigenvalue weighted by Gasteiger charge is -2.31. The van der Waals surface area contributed by atoms with Gasteiger partial charge < -0.3 is 4.90 Å². The lowest BCUT2D eigenvalue weighted by atomic mass is 10.0. The van der Waals surface area contributed by atoms with Crippen molar-refractivity contribution in [2.75, 3.05) is 11.4 Å². The molecule has 0 bridgehead atoms. The van der Waals surface area contributed by atoms with Crippen LogP contribution in [0.15, 0.2) is 42.7 Å². The van der Waals surface area contributed by atoms with Crippen molar-refractivity contribution in [1.82, 2.24) is 9.97 Å². The summed E-state index contributed by atoms with van der Waals surface area (Å²) in [7, 11) is 0. The molecule has 1 aliphatic rings. The molecule has 0 aliphatic heterocycles. The highest BCUT2D eigenvalue weighted by atomic mass is 35.5. The molecule has 0 spiro atoms. The molecule has 0 amide bonds. The molecule has 1 aliphatic carbocycles. The predicted octanol–water partition coefficient (Wildman–Crippen LogP) is 7.19. The maximum absolute atomic E-state index is 6.46. The van der Waals surface area contributed by atoms with Gasteiger partial charge in [0.05, 0.1) is 16.8 Å². The molecule has 0 N–H and O–H groups in total.